The number of hydrogen-bond acceptors (Lipinski definition) is 9. The molecule has 0 saturated carbocycles. The van der Waals surface area contributed by atoms with Crippen LogP contribution in [0, 0.1) is 0 Å². The molecule has 4 unspecified atom stereocenters. The second-order valence-corrected chi connectivity index (χ2v) is 9.90. The van der Waals surface area contributed by atoms with Crippen LogP contribution >= 0.6 is 7.75 Å². The first-order valence-electron chi connectivity index (χ1n) is 11.2. The van der Waals surface area contributed by atoms with E-state index in [0.717, 1.165) is 6.20 Å². The lowest BCUT2D eigenvalue weighted by molar-refractivity contribution is -0.149. The smallest absolute Gasteiger partial charge is 0.459 e. The van der Waals surface area contributed by atoms with E-state index in [2.05, 4.69) is 5.09 Å². The fraction of sp³-hybridized carbons (Fsp3) is 0.522. The molecule has 1 aromatic rings. The highest BCUT2D eigenvalue weighted by molar-refractivity contribution is 7.52. The molecule has 2 amide bonds. The van der Waals surface area contributed by atoms with E-state index in [9.17, 15) is 23.3 Å². The maximum atomic E-state index is 13.9. The zero-order chi connectivity index (χ0) is 27.3. The lowest BCUT2D eigenvalue weighted by Crippen LogP contribution is -2.37. The summed E-state index contributed by atoms with van der Waals surface area (Å²) in [6, 6.07) is 6.95. The van der Waals surface area contributed by atoms with E-state index in [4.69, 9.17) is 18.5 Å². The summed E-state index contributed by atoms with van der Waals surface area (Å²) >= 11 is 0. The Balaban J connectivity index is 2.91. The van der Waals surface area contributed by atoms with Crippen LogP contribution in [0.15, 0.2) is 42.4 Å². The van der Waals surface area contributed by atoms with Crippen molar-refractivity contribution in [1.29, 1.82) is 0 Å². The number of carbonyl (C=O) groups is 3. The van der Waals surface area contributed by atoms with Crippen LogP contribution in [0.1, 0.15) is 34.1 Å². The van der Waals surface area contributed by atoms with Crippen LogP contribution in [-0.4, -0.2) is 68.2 Å². The number of ether oxygens (including phenoxy) is 2. The number of benzene rings is 1. The molecule has 0 spiro atoms. The molecule has 1 rings (SSSR count). The predicted molar refractivity (Wildman–Crippen MR) is 130 cm³/mol. The number of esters is 1. The van der Waals surface area contributed by atoms with Crippen molar-refractivity contribution in [3.8, 4) is 5.75 Å². The summed E-state index contributed by atoms with van der Waals surface area (Å²) in [6.07, 6.45) is 0.337. The van der Waals surface area contributed by atoms with Crippen LogP contribution in [0.3, 0.4) is 0 Å². The highest BCUT2D eigenvalue weighted by atomic mass is 31.2. The summed E-state index contributed by atoms with van der Waals surface area (Å²) in [5.74, 6) is -2.68. The van der Waals surface area contributed by atoms with E-state index in [-0.39, 0.29) is 37.3 Å². The maximum absolute atomic E-state index is 13.9. The van der Waals surface area contributed by atoms with E-state index in [1.54, 1.807) is 63.5 Å². The molecule has 0 aliphatic carbocycles. The molecule has 1 aromatic carbocycles. The van der Waals surface area contributed by atoms with Crippen molar-refractivity contribution in [3.63, 3.8) is 0 Å². The van der Waals surface area contributed by atoms with Gasteiger partial charge in [-0.25, -0.2) is 4.57 Å². The van der Waals surface area contributed by atoms with Crippen molar-refractivity contribution in [3.05, 3.63) is 42.4 Å². The number of nitrogens with one attached hydrogen (secondary N) is 2. The summed E-state index contributed by atoms with van der Waals surface area (Å²) in [4.78, 5) is 35.4. The molecule has 13 heteroatoms. The number of halogens is 1. The van der Waals surface area contributed by atoms with Crippen LogP contribution in [0.5, 0.6) is 5.75 Å². The van der Waals surface area contributed by atoms with E-state index in [0.29, 0.717) is 0 Å². The maximum Gasteiger partial charge on any atom is 0.459 e. The Morgan fingerprint density at radius 2 is 1.81 bits per heavy atom. The number of imide groups is 1. The molecule has 11 nitrogen and oxygen atoms in total. The van der Waals surface area contributed by atoms with Crippen LogP contribution < -0.4 is 14.9 Å². The van der Waals surface area contributed by atoms with Gasteiger partial charge < -0.3 is 18.9 Å². The van der Waals surface area contributed by atoms with Crippen molar-refractivity contribution in [2.24, 2.45) is 0 Å². The fourth-order valence-electron chi connectivity index (χ4n) is 2.78. The van der Waals surface area contributed by atoms with Gasteiger partial charge in [0.2, 0.25) is 12.2 Å². The molecule has 202 valence electrons. The zero-order valence-electron chi connectivity index (χ0n) is 21.3. The van der Waals surface area contributed by atoms with Gasteiger partial charge in [0.05, 0.1) is 18.8 Å². The largest absolute Gasteiger partial charge is 0.462 e. The summed E-state index contributed by atoms with van der Waals surface area (Å²) in [5.41, 5.74) is 0. The zero-order valence-corrected chi connectivity index (χ0v) is 22.2. The molecule has 0 aliphatic rings. The lowest BCUT2D eigenvalue weighted by atomic mass is 10.1. The van der Waals surface area contributed by atoms with Crippen molar-refractivity contribution in [1.82, 2.24) is 15.3 Å². The molecule has 0 radical (unpaired) electrons. The average Bonchev–Trinajstić information content (AvgIpc) is 2.81. The van der Waals surface area contributed by atoms with E-state index in [1.807, 2.05) is 0 Å². The van der Waals surface area contributed by atoms with E-state index in [1.165, 1.54) is 18.9 Å². The molecule has 0 saturated heterocycles. The fourth-order valence-corrected chi connectivity index (χ4v) is 4.30. The molecule has 36 heavy (non-hydrogen) atoms. The number of nitrogens with zero attached hydrogens (tertiary/aromatic N) is 1. The second kappa shape index (κ2) is 15.4. The topological polar surface area (TPSA) is 132 Å². The summed E-state index contributed by atoms with van der Waals surface area (Å²) in [7, 11) is -1.11. The highest BCUT2D eigenvalue weighted by Gasteiger charge is 2.33. The third kappa shape index (κ3) is 11.3. The monoisotopic (exact) mass is 531 g/mol. The number of para-hydroxylation sites is 1. The molecule has 0 aliphatic heterocycles. The number of hydrogen-bond donors (Lipinski definition) is 2. The summed E-state index contributed by atoms with van der Waals surface area (Å²) in [5, 5.41) is 4.30. The van der Waals surface area contributed by atoms with Crippen molar-refractivity contribution >= 4 is 26.0 Å². The van der Waals surface area contributed by atoms with Gasteiger partial charge in [-0.2, -0.15) is 9.48 Å². The molecule has 4 atom stereocenters. The SMILES string of the molecule is COC(COP(=O)(NC(C)C(=O)OC(C)C)Oc1ccccc1)CC(C)N(C)/C=C(/F)C(=O)NC=O. The standard InChI is InChI=1S/C23H35FN3O8P/c1-16(2)34-23(30)18(4)26-36(31,35-19-10-8-7-9-11-19)33-14-20(32-6)12-17(3)27(5)13-21(24)22(29)25-15-28/h7-11,13,15-18,20H,12,14H2,1-6H3,(H,26,31)(H,25,28,29)/b21-13+. The van der Waals surface area contributed by atoms with Crippen LogP contribution in [-0.2, 0) is 32.9 Å². The minimum atomic E-state index is -4.07. The normalized spacial score (nSPS) is 15.8. The van der Waals surface area contributed by atoms with Gasteiger partial charge in [0.15, 0.2) is 0 Å². The molecular formula is C23H35FN3O8P. The Morgan fingerprint density at radius 3 is 2.36 bits per heavy atom. The lowest BCUT2D eigenvalue weighted by Gasteiger charge is -2.28. The Bertz CT molecular complexity index is 931. The van der Waals surface area contributed by atoms with Gasteiger partial charge in [-0.3, -0.25) is 24.2 Å². The van der Waals surface area contributed by atoms with Gasteiger partial charge in [0.25, 0.3) is 5.91 Å². The van der Waals surface area contributed by atoms with Crippen molar-refractivity contribution in [2.75, 3.05) is 20.8 Å². The highest BCUT2D eigenvalue weighted by Crippen LogP contribution is 2.45. The Labute approximate surface area is 210 Å². The first-order chi connectivity index (χ1) is 16.9. The summed E-state index contributed by atoms with van der Waals surface area (Å²) in [6.45, 7) is 6.41. The minimum Gasteiger partial charge on any atom is -0.462 e. The van der Waals surface area contributed by atoms with Crippen LogP contribution in [0.2, 0.25) is 0 Å². The third-order valence-corrected chi connectivity index (χ3v) is 6.46. The van der Waals surface area contributed by atoms with Gasteiger partial charge in [-0.15, -0.1) is 0 Å². The van der Waals surface area contributed by atoms with Gasteiger partial charge in [-0.05, 0) is 46.2 Å². The first kappa shape index (κ1) is 31.2. The average molecular weight is 532 g/mol. The first-order valence-corrected chi connectivity index (χ1v) is 12.8. The van der Waals surface area contributed by atoms with Gasteiger partial charge in [-0.1, -0.05) is 18.2 Å². The molecule has 0 heterocycles. The van der Waals surface area contributed by atoms with Crippen molar-refractivity contribution < 1.29 is 41.9 Å². The molecule has 2 N–H and O–H groups in total. The van der Waals surface area contributed by atoms with Crippen LogP contribution in [0.25, 0.3) is 0 Å². The number of rotatable bonds is 16. The minimum absolute atomic E-state index is 0.0880. The van der Waals surface area contributed by atoms with Crippen LogP contribution in [0.4, 0.5) is 4.39 Å². The van der Waals surface area contributed by atoms with Gasteiger partial charge in [0, 0.05) is 26.4 Å². The molecule has 0 bridgehead atoms. The van der Waals surface area contributed by atoms with E-state index >= 15 is 0 Å². The van der Waals surface area contributed by atoms with E-state index < -0.39 is 37.6 Å². The molecule has 0 aromatic heterocycles. The quantitative estimate of drug-likeness (QED) is 0.142. The van der Waals surface area contributed by atoms with Crippen molar-refractivity contribution in [2.45, 2.75) is 58.4 Å². The number of methoxy groups -OCH3 is 1. The number of carbonyl (C=O) groups excluding carboxylic acids is 3. The summed E-state index contributed by atoms with van der Waals surface area (Å²) < 4.78 is 49.2. The Morgan fingerprint density at radius 1 is 1.17 bits per heavy atom. The molecule has 0 fully saturated rings. The molecular weight excluding hydrogens is 496 g/mol. The number of amides is 2. The second-order valence-electron chi connectivity index (χ2n) is 8.21. The Hall–Kier alpha value is -2.79. The van der Waals surface area contributed by atoms with Gasteiger partial charge >= 0.3 is 13.7 Å². The van der Waals surface area contributed by atoms with Gasteiger partial charge in [0.1, 0.15) is 11.8 Å². The predicted octanol–water partition coefficient (Wildman–Crippen LogP) is 2.93. The third-order valence-electron chi connectivity index (χ3n) is 4.81. The Kier molecular flexibility index (Phi) is 13.3.